The lowest BCUT2D eigenvalue weighted by Crippen LogP contribution is -2.33. The molecule has 0 aromatic heterocycles. The summed E-state index contributed by atoms with van der Waals surface area (Å²) in [6, 6.07) is 17.3. The van der Waals surface area contributed by atoms with Crippen LogP contribution in [0, 0.1) is 0 Å². The fourth-order valence-corrected chi connectivity index (χ4v) is 4.99. The number of Topliss-reactive ketones (excluding diaryl/α,β-unsaturated/α-hetero) is 1. The summed E-state index contributed by atoms with van der Waals surface area (Å²) in [5.41, 5.74) is 2.78. The number of rotatable bonds is 11. The maximum absolute atomic E-state index is 13.1. The molecule has 0 unspecified atom stereocenters. The molecule has 0 spiro atoms. The van der Waals surface area contributed by atoms with Gasteiger partial charge in [-0.05, 0) is 90.8 Å². The molecular weight excluding hydrogens is 557 g/mol. The average molecular weight is 583 g/mol. The van der Waals surface area contributed by atoms with Crippen molar-refractivity contribution < 1.29 is 23.9 Å². The van der Waals surface area contributed by atoms with Gasteiger partial charge in [0.1, 0.15) is 6.61 Å². The predicted octanol–water partition coefficient (Wildman–Crippen LogP) is 7.62. The van der Waals surface area contributed by atoms with Crippen LogP contribution >= 0.6 is 35.0 Å². The number of benzene rings is 3. The molecule has 0 aliphatic carbocycles. The van der Waals surface area contributed by atoms with Gasteiger partial charge in [-0.15, -0.1) is 6.58 Å². The van der Waals surface area contributed by atoms with E-state index in [4.69, 9.17) is 32.7 Å². The van der Waals surface area contributed by atoms with Crippen molar-refractivity contribution in [3.8, 4) is 11.5 Å². The van der Waals surface area contributed by atoms with Gasteiger partial charge in [0.05, 0.1) is 18.1 Å². The van der Waals surface area contributed by atoms with Gasteiger partial charge in [-0.1, -0.05) is 41.4 Å². The van der Waals surface area contributed by atoms with E-state index in [1.165, 1.54) is 0 Å². The Labute approximate surface area is 241 Å². The van der Waals surface area contributed by atoms with Gasteiger partial charge in [-0.2, -0.15) is 0 Å². The molecule has 1 aliphatic rings. The normalized spacial score (nSPS) is 14.1. The second kappa shape index (κ2) is 13.0. The van der Waals surface area contributed by atoms with Crippen LogP contribution in [0.25, 0.3) is 6.08 Å². The molecule has 200 valence electrons. The van der Waals surface area contributed by atoms with E-state index in [-0.39, 0.29) is 17.2 Å². The molecule has 2 amide bonds. The zero-order valence-corrected chi connectivity index (χ0v) is 23.4. The van der Waals surface area contributed by atoms with Gasteiger partial charge < -0.3 is 9.47 Å². The average Bonchev–Trinajstić information content (AvgIpc) is 3.17. The molecule has 1 fully saturated rings. The van der Waals surface area contributed by atoms with Crippen molar-refractivity contribution in [1.29, 1.82) is 0 Å². The van der Waals surface area contributed by atoms with Crippen molar-refractivity contribution in [2.45, 2.75) is 20.0 Å². The maximum Gasteiger partial charge on any atom is 0.293 e. The van der Waals surface area contributed by atoms with Crippen molar-refractivity contribution >= 4 is 58.0 Å². The van der Waals surface area contributed by atoms with Gasteiger partial charge in [0.2, 0.25) is 0 Å². The molecule has 1 saturated heterocycles. The Morgan fingerprint density at radius 2 is 1.67 bits per heavy atom. The second-order valence-electron chi connectivity index (χ2n) is 8.55. The van der Waals surface area contributed by atoms with Crippen LogP contribution in [0.15, 0.2) is 78.2 Å². The Kier molecular flexibility index (Phi) is 9.51. The topological polar surface area (TPSA) is 72.9 Å². The van der Waals surface area contributed by atoms with Gasteiger partial charge in [0.15, 0.2) is 17.3 Å². The first-order chi connectivity index (χ1) is 18.8. The molecule has 3 aromatic carbocycles. The third-order valence-corrected chi connectivity index (χ3v) is 7.17. The predicted molar refractivity (Wildman–Crippen MR) is 156 cm³/mol. The largest absolute Gasteiger partial charge is 0.490 e. The molecule has 3 aromatic rings. The summed E-state index contributed by atoms with van der Waals surface area (Å²) in [5.74, 6) is 0.197. The number of thioether (sulfide) groups is 1. The highest BCUT2D eigenvalue weighted by molar-refractivity contribution is 8.18. The van der Waals surface area contributed by atoms with Gasteiger partial charge in [-0.3, -0.25) is 19.3 Å². The molecule has 0 radical (unpaired) electrons. The monoisotopic (exact) mass is 581 g/mol. The minimum absolute atomic E-state index is 0.214. The lowest BCUT2D eigenvalue weighted by Gasteiger charge is -2.17. The van der Waals surface area contributed by atoms with Crippen LogP contribution in [-0.2, 0) is 17.8 Å². The number of carbonyl (C=O) groups is 3. The molecule has 0 N–H and O–H groups in total. The molecule has 1 aliphatic heterocycles. The summed E-state index contributed by atoms with van der Waals surface area (Å²) < 4.78 is 12.0. The van der Waals surface area contributed by atoms with E-state index < -0.39 is 11.1 Å². The Balaban J connectivity index is 1.58. The minimum atomic E-state index is -0.529. The van der Waals surface area contributed by atoms with Crippen molar-refractivity contribution in [2.75, 3.05) is 13.2 Å². The molecule has 0 saturated carbocycles. The van der Waals surface area contributed by atoms with Gasteiger partial charge in [0, 0.05) is 21.2 Å². The number of nitrogens with zero attached hydrogens (tertiary/aromatic N) is 1. The van der Waals surface area contributed by atoms with E-state index in [0.717, 1.165) is 27.8 Å². The highest BCUT2D eigenvalue weighted by atomic mass is 35.5. The van der Waals surface area contributed by atoms with E-state index in [0.29, 0.717) is 52.3 Å². The number of allylic oxidation sites excluding steroid dienone is 1. The Bertz CT molecular complexity index is 1430. The van der Waals surface area contributed by atoms with Crippen LogP contribution in [0.5, 0.6) is 11.5 Å². The molecule has 0 atom stereocenters. The second-order valence-corrected chi connectivity index (χ2v) is 10.4. The SMILES string of the molecule is C=CCc1cc(/C=C2\SC(=O)N(CC(=O)c3ccc(Cl)cc3)C2=O)cc(OCC)c1OCc1ccc(Cl)cc1. The first kappa shape index (κ1) is 28.5. The Morgan fingerprint density at radius 1 is 1.00 bits per heavy atom. The summed E-state index contributed by atoms with van der Waals surface area (Å²) >= 11 is 12.7. The first-order valence-electron chi connectivity index (χ1n) is 12.1. The van der Waals surface area contributed by atoms with Crippen molar-refractivity contribution in [1.82, 2.24) is 4.90 Å². The number of hydrogen-bond acceptors (Lipinski definition) is 6. The fourth-order valence-electron chi connectivity index (χ4n) is 3.90. The quantitative estimate of drug-likeness (QED) is 0.132. The standard InChI is InChI=1S/C30H25Cl2NO5S/c1-3-5-22-14-20(15-26(37-4-2)28(22)38-18-19-6-10-23(31)11-7-19)16-27-29(35)33(30(36)39-27)17-25(34)21-8-12-24(32)13-9-21/h3,6-16H,1,4-5,17-18H2,2H3/b27-16-. The van der Waals surface area contributed by atoms with Crippen molar-refractivity contribution in [3.05, 3.63) is 111 Å². The zero-order chi connectivity index (χ0) is 27.9. The van der Waals surface area contributed by atoms with E-state index in [1.54, 1.807) is 54.6 Å². The van der Waals surface area contributed by atoms with Crippen molar-refractivity contribution in [2.24, 2.45) is 0 Å². The first-order valence-corrected chi connectivity index (χ1v) is 13.7. The Hall–Kier alpha value is -3.52. The number of hydrogen-bond donors (Lipinski definition) is 0. The smallest absolute Gasteiger partial charge is 0.293 e. The highest BCUT2D eigenvalue weighted by Crippen LogP contribution is 2.38. The van der Waals surface area contributed by atoms with E-state index in [1.807, 2.05) is 25.1 Å². The number of halogens is 2. The molecule has 39 heavy (non-hydrogen) atoms. The van der Waals surface area contributed by atoms with E-state index >= 15 is 0 Å². The molecule has 6 nitrogen and oxygen atoms in total. The summed E-state index contributed by atoms with van der Waals surface area (Å²) in [5, 5.41) is 0.626. The number of carbonyl (C=O) groups excluding carboxylic acids is 3. The number of imide groups is 1. The lowest BCUT2D eigenvalue weighted by atomic mass is 10.0. The van der Waals surface area contributed by atoms with Crippen LogP contribution in [0.2, 0.25) is 10.0 Å². The van der Waals surface area contributed by atoms with Crippen LogP contribution in [0.4, 0.5) is 4.79 Å². The van der Waals surface area contributed by atoms with Crippen LogP contribution in [0.3, 0.4) is 0 Å². The molecule has 9 heteroatoms. The number of amides is 2. The van der Waals surface area contributed by atoms with Crippen LogP contribution in [-0.4, -0.2) is 35.0 Å². The van der Waals surface area contributed by atoms with Gasteiger partial charge >= 0.3 is 0 Å². The molecular formula is C30H25Cl2NO5S. The summed E-state index contributed by atoms with van der Waals surface area (Å²) in [6.45, 7) is 6.07. The van der Waals surface area contributed by atoms with E-state index in [9.17, 15) is 14.4 Å². The maximum atomic E-state index is 13.1. The van der Waals surface area contributed by atoms with Gasteiger partial charge in [0.25, 0.3) is 11.1 Å². The highest BCUT2D eigenvalue weighted by Gasteiger charge is 2.36. The fraction of sp³-hybridized carbons (Fsp3) is 0.167. The van der Waals surface area contributed by atoms with Crippen molar-refractivity contribution in [3.63, 3.8) is 0 Å². The molecule has 4 rings (SSSR count). The molecule has 1 heterocycles. The lowest BCUT2D eigenvalue weighted by molar-refractivity contribution is -0.122. The zero-order valence-electron chi connectivity index (χ0n) is 21.1. The Morgan fingerprint density at radius 3 is 2.31 bits per heavy atom. The number of ether oxygens (including phenoxy) is 2. The number of ketones is 1. The summed E-state index contributed by atoms with van der Waals surface area (Å²) in [6.07, 6.45) is 3.87. The minimum Gasteiger partial charge on any atom is -0.490 e. The van der Waals surface area contributed by atoms with Crippen LogP contribution < -0.4 is 9.47 Å². The summed E-state index contributed by atoms with van der Waals surface area (Å²) in [4.78, 5) is 39.5. The molecule has 0 bridgehead atoms. The van der Waals surface area contributed by atoms with E-state index in [2.05, 4.69) is 6.58 Å². The van der Waals surface area contributed by atoms with Crippen LogP contribution in [0.1, 0.15) is 34.0 Å². The summed E-state index contributed by atoms with van der Waals surface area (Å²) in [7, 11) is 0. The third-order valence-electron chi connectivity index (χ3n) is 5.75. The third kappa shape index (κ3) is 7.12. The van der Waals surface area contributed by atoms with Gasteiger partial charge in [-0.25, -0.2) is 0 Å².